The molecule has 0 spiro atoms. The maximum absolute atomic E-state index is 12.6. The number of hydrogen-bond acceptors (Lipinski definition) is 2. The Bertz CT molecular complexity index is 547. The van der Waals surface area contributed by atoms with E-state index in [1.807, 2.05) is 12.1 Å². The van der Waals surface area contributed by atoms with Crippen LogP contribution in [0.15, 0.2) is 29.2 Å². The standard InChI is InChI=1S/C19H25NOS/c1-22-17-4-2-3-16(8-17)20-18(21)12-19-9-13-5-14(10-19)7-15(6-13)11-19/h2-4,8,13-15H,5-7,9-12H2,1H3,(H,20,21). The van der Waals surface area contributed by atoms with Crippen LogP contribution in [0.25, 0.3) is 0 Å². The molecule has 4 saturated carbocycles. The Labute approximate surface area is 137 Å². The number of carbonyl (C=O) groups is 1. The molecule has 0 atom stereocenters. The molecule has 4 fully saturated rings. The summed E-state index contributed by atoms with van der Waals surface area (Å²) in [5.41, 5.74) is 1.28. The predicted molar refractivity (Wildman–Crippen MR) is 92.1 cm³/mol. The Kier molecular flexibility index (Phi) is 3.72. The van der Waals surface area contributed by atoms with Crippen molar-refractivity contribution in [3.05, 3.63) is 24.3 Å². The van der Waals surface area contributed by atoms with Gasteiger partial charge in [-0.15, -0.1) is 11.8 Å². The highest BCUT2D eigenvalue weighted by atomic mass is 32.2. The highest BCUT2D eigenvalue weighted by Crippen LogP contribution is 2.61. The van der Waals surface area contributed by atoms with Crippen LogP contribution in [-0.4, -0.2) is 12.2 Å². The Hall–Kier alpha value is -0.960. The summed E-state index contributed by atoms with van der Waals surface area (Å²) in [6.07, 6.45) is 11.0. The normalized spacial score (nSPS) is 35.6. The quantitative estimate of drug-likeness (QED) is 0.796. The van der Waals surface area contributed by atoms with Crippen molar-refractivity contribution < 1.29 is 4.79 Å². The van der Waals surface area contributed by atoms with E-state index >= 15 is 0 Å². The summed E-state index contributed by atoms with van der Waals surface area (Å²) in [5, 5.41) is 3.14. The fourth-order valence-electron chi connectivity index (χ4n) is 5.75. The average molecular weight is 315 g/mol. The van der Waals surface area contributed by atoms with E-state index in [0.717, 1.165) is 29.9 Å². The van der Waals surface area contributed by atoms with Gasteiger partial charge >= 0.3 is 0 Å². The lowest BCUT2D eigenvalue weighted by Crippen LogP contribution is -2.47. The van der Waals surface area contributed by atoms with Gasteiger partial charge in [-0.2, -0.15) is 0 Å². The van der Waals surface area contributed by atoms with Crippen LogP contribution in [0.3, 0.4) is 0 Å². The number of anilines is 1. The Balaban J connectivity index is 1.43. The monoisotopic (exact) mass is 315 g/mol. The van der Waals surface area contributed by atoms with Crippen molar-refractivity contribution >= 4 is 23.4 Å². The molecular weight excluding hydrogens is 290 g/mol. The van der Waals surface area contributed by atoms with E-state index in [1.165, 1.54) is 43.4 Å². The van der Waals surface area contributed by atoms with Gasteiger partial charge in [0.1, 0.15) is 0 Å². The molecule has 4 aliphatic carbocycles. The molecule has 1 amide bonds. The molecule has 0 aliphatic heterocycles. The first-order valence-corrected chi connectivity index (χ1v) is 9.80. The van der Waals surface area contributed by atoms with Crippen molar-refractivity contribution in [3.63, 3.8) is 0 Å². The molecule has 22 heavy (non-hydrogen) atoms. The van der Waals surface area contributed by atoms with Crippen LogP contribution in [0.2, 0.25) is 0 Å². The molecule has 3 heteroatoms. The zero-order valence-electron chi connectivity index (χ0n) is 13.3. The highest BCUT2D eigenvalue weighted by Gasteiger charge is 2.51. The minimum absolute atomic E-state index is 0.222. The third-order valence-electron chi connectivity index (χ3n) is 6.05. The second-order valence-corrected chi connectivity index (χ2v) is 8.75. The number of nitrogens with one attached hydrogen (secondary N) is 1. The summed E-state index contributed by atoms with van der Waals surface area (Å²) in [5.74, 6) is 2.97. The van der Waals surface area contributed by atoms with E-state index in [1.54, 1.807) is 11.8 Å². The molecule has 5 rings (SSSR count). The number of amides is 1. The van der Waals surface area contributed by atoms with E-state index in [0.29, 0.717) is 5.41 Å². The molecule has 0 aromatic heterocycles. The lowest BCUT2D eigenvalue weighted by molar-refractivity contribution is -0.124. The van der Waals surface area contributed by atoms with Crippen molar-refractivity contribution in [2.24, 2.45) is 23.2 Å². The summed E-state index contributed by atoms with van der Waals surface area (Å²) >= 11 is 1.71. The van der Waals surface area contributed by atoms with Gasteiger partial charge in [0, 0.05) is 17.0 Å². The first kappa shape index (κ1) is 14.6. The molecule has 1 aromatic rings. The molecular formula is C19H25NOS. The number of benzene rings is 1. The molecule has 0 heterocycles. The maximum atomic E-state index is 12.6. The second-order valence-electron chi connectivity index (χ2n) is 7.87. The van der Waals surface area contributed by atoms with Gasteiger partial charge in [-0.1, -0.05) is 6.07 Å². The van der Waals surface area contributed by atoms with Crippen LogP contribution < -0.4 is 5.32 Å². The third-order valence-corrected chi connectivity index (χ3v) is 6.78. The van der Waals surface area contributed by atoms with Gasteiger partial charge in [-0.05, 0) is 86.1 Å². The zero-order valence-corrected chi connectivity index (χ0v) is 14.1. The number of hydrogen-bond donors (Lipinski definition) is 1. The lowest BCUT2D eigenvalue weighted by Gasteiger charge is -2.56. The Morgan fingerprint density at radius 2 is 1.82 bits per heavy atom. The van der Waals surface area contributed by atoms with E-state index in [4.69, 9.17) is 0 Å². The summed E-state index contributed by atoms with van der Waals surface area (Å²) < 4.78 is 0. The van der Waals surface area contributed by atoms with E-state index < -0.39 is 0 Å². The van der Waals surface area contributed by atoms with Crippen molar-refractivity contribution in [1.29, 1.82) is 0 Å². The number of thioether (sulfide) groups is 1. The van der Waals surface area contributed by atoms with Gasteiger partial charge in [0.25, 0.3) is 0 Å². The summed E-state index contributed by atoms with van der Waals surface area (Å²) in [6.45, 7) is 0. The minimum atomic E-state index is 0.222. The van der Waals surface area contributed by atoms with E-state index in [9.17, 15) is 4.79 Å². The predicted octanol–water partition coefficient (Wildman–Crippen LogP) is 4.95. The van der Waals surface area contributed by atoms with Gasteiger partial charge in [-0.25, -0.2) is 0 Å². The summed E-state index contributed by atoms with van der Waals surface area (Å²) in [7, 11) is 0. The van der Waals surface area contributed by atoms with E-state index in [-0.39, 0.29) is 5.91 Å². The van der Waals surface area contributed by atoms with Crippen LogP contribution in [0.4, 0.5) is 5.69 Å². The zero-order chi connectivity index (χ0) is 15.2. The molecule has 2 nitrogen and oxygen atoms in total. The first-order chi connectivity index (χ1) is 10.6. The number of rotatable bonds is 4. The minimum Gasteiger partial charge on any atom is -0.326 e. The molecule has 0 unspecified atom stereocenters. The van der Waals surface area contributed by atoms with Crippen LogP contribution in [0.1, 0.15) is 44.9 Å². The Morgan fingerprint density at radius 3 is 2.41 bits per heavy atom. The fraction of sp³-hybridized carbons (Fsp3) is 0.632. The van der Waals surface area contributed by atoms with Crippen LogP contribution in [0, 0.1) is 23.2 Å². The topological polar surface area (TPSA) is 29.1 Å². The second kappa shape index (κ2) is 5.59. The molecule has 1 aromatic carbocycles. The molecule has 0 radical (unpaired) electrons. The maximum Gasteiger partial charge on any atom is 0.224 e. The molecule has 0 saturated heterocycles. The van der Waals surface area contributed by atoms with Crippen molar-refractivity contribution in [3.8, 4) is 0 Å². The molecule has 118 valence electrons. The summed E-state index contributed by atoms with van der Waals surface area (Å²) in [4.78, 5) is 13.8. The largest absolute Gasteiger partial charge is 0.326 e. The van der Waals surface area contributed by atoms with Crippen molar-refractivity contribution in [2.75, 3.05) is 11.6 Å². The fourth-order valence-corrected chi connectivity index (χ4v) is 6.21. The van der Waals surface area contributed by atoms with Crippen LogP contribution in [0.5, 0.6) is 0 Å². The van der Waals surface area contributed by atoms with Gasteiger partial charge in [0.2, 0.25) is 5.91 Å². The smallest absolute Gasteiger partial charge is 0.224 e. The van der Waals surface area contributed by atoms with Crippen molar-refractivity contribution in [2.45, 2.75) is 49.8 Å². The average Bonchev–Trinajstić information content (AvgIpc) is 2.45. The summed E-state index contributed by atoms with van der Waals surface area (Å²) in [6, 6.07) is 8.17. The van der Waals surface area contributed by atoms with Gasteiger partial charge in [-0.3, -0.25) is 4.79 Å². The van der Waals surface area contributed by atoms with Gasteiger partial charge in [0.15, 0.2) is 0 Å². The van der Waals surface area contributed by atoms with Crippen LogP contribution >= 0.6 is 11.8 Å². The number of carbonyl (C=O) groups excluding carboxylic acids is 1. The SMILES string of the molecule is CSc1cccc(NC(=O)CC23CC4CC(CC(C4)C2)C3)c1. The Morgan fingerprint density at radius 1 is 1.18 bits per heavy atom. The van der Waals surface area contributed by atoms with Crippen molar-refractivity contribution in [1.82, 2.24) is 0 Å². The van der Waals surface area contributed by atoms with Crippen LogP contribution in [-0.2, 0) is 4.79 Å². The molecule has 4 bridgehead atoms. The van der Waals surface area contributed by atoms with Gasteiger partial charge < -0.3 is 5.32 Å². The first-order valence-electron chi connectivity index (χ1n) is 8.58. The lowest BCUT2D eigenvalue weighted by atomic mass is 9.49. The third kappa shape index (κ3) is 2.80. The highest BCUT2D eigenvalue weighted by molar-refractivity contribution is 7.98. The van der Waals surface area contributed by atoms with E-state index in [2.05, 4.69) is 23.7 Å². The molecule has 1 N–H and O–H groups in total. The molecule has 4 aliphatic rings. The van der Waals surface area contributed by atoms with Gasteiger partial charge in [0.05, 0.1) is 0 Å².